The maximum atomic E-state index is 15.1. The van der Waals surface area contributed by atoms with Crippen molar-refractivity contribution in [2.45, 2.75) is 24.5 Å². The monoisotopic (exact) mass is 541 g/mol. The molecule has 2 N–H and O–H groups in total. The van der Waals surface area contributed by atoms with E-state index in [-0.39, 0.29) is 24.1 Å². The maximum absolute atomic E-state index is 15.1. The Labute approximate surface area is 223 Å². The number of nitrogens with two attached hydrogens (primary N) is 1. The van der Waals surface area contributed by atoms with Crippen molar-refractivity contribution in [3.05, 3.63) is 64.6 Å². The van der Waals surface area contributed by atoms with E-state index in [9.17, 15) is 14.0 Å². The zero-order chi connectivity index (χ0) is 27.0. The first kappa shape index (κ1) is 26.3. The van der Waals surface area contributed by atoms with Gasteiger partial charge in [-0.25, -0.2) is 13.6 Å². The molecule has 0 radical (unpaired) electrons. The van der Waals surface area contributed by atoms with Crippen molar-refractivity contribution in [2.75, 3.05) is 50.0 Å². The van der Waals surface area contributed by atoms with Gasteiger partial charge in [0, 0.05) is 66.0 Å². The van der Waals surface area contributed by atoms with Crippen LogP contribution in [0.1, 0.15) is 5.56 Å². The third-order valence-electron chi connectivity index (χ3n) is 6.93. The summed E-state index contributed by atoms with van der Waals surface area (Å²) in [6.45, 7) is 8.37. The van der Waals surface area contributed by atoms with Crippen LogP contribution in [-0.4, -0.2) is 71.5 Å². The van der Waals surface area contributed by atoms with Crippen LogP contribution in [0.15, 0.2) is 46.6 Å². The number of nitrogens with zero attached hydrogens (tertiary/aromatic N) is 4. The Morgan fingerprint density at radius 1 is 1.26 bits per heavy atom. The van der Waals surface area contributed by atoms with Crippen molar-refractivity contribution >= 4 is 34.4 Å². The van der Waals surface area contributed by atoms with Gasteiger partial charge in [-0.15, -0.1) is 11.8 Å². The van der Waals surface area contributed by atoms with E-state index in [0.29, 0.717) is 62.0 Å². The number of carbonyl (C=O) groups is 1. The largest absolute Gasteiger partial charge is 0.374 e. The molecule has 0 saturated carbocycles. The highest BCUT2D eigenvalue weighted by atomic mass is 32.2. The molecule has 2 aromatic carbocycles. The average molecular weight is 542 g/mol. The van der Waals surface area contributed by atoms with E-state index in [2.05, 4.69) is 11.6 Å². The van der Waals surface area contributed by atoms with Gasteiger partial charge in [0.15, 0.2) is 0 Å². The molecule has 0 spiro atoms. The number of thioether (sulfide) groups is 1. The second kappa shape index (κ2) is 10.8. The lowest BCUT2D eigenvalue weighted by atomic mass is 9.97. The smallest absolute Gasteiger partial charge is 0.350 e. The van der Waals surface area contributed by atoms with E-state index in [0.717, 1.165) is 21.9 Å². The van der Waals surface area contributed by atoms with E-state index in [4.69, 9.17) is 10.5 Å². The fraction of sp³-hybridized carbons (Fsp3) is 0.370. The van der Waals surface area contributed by atoms with Gasteiger partial charge in [0.2, 0.25) is 5.91 Å². The molecule has 38 heavy (non-hydrogen) atoms. The zero-order valence-corrected chi connectivity index (χ0v) is 21.9. The second-order valence-corrected chi connectivity index (χ2v) is 10.4. The third kappa shape index (κ3) is 4.81. The second-order valence-electron chi connectivity index (χ2n) is 9.36. The van der Waals surface area contributed by atoms with Gasteiger partial charge in [-0.05, 0) is 36.8 Å². The molecular weight excluding hydrogens is 512 g/mol. The van der Waals surface area contributed by atoms with E-state index < -0.39 is 17.3 Å². The van der Waals surface area contributed by atoms with Gasteiger partial charge in [0.25, 0.3) is 0 Å². The Morgan fingerprint density at radius 2 is 2.03 bits per heavy atom. The average Bonchev–Trinajstić information content (AvgIpc) is 3.10. The SMILES string of the molecule is C=CC(=O)N1CCN(c2nc(=O)n3c4c(c(-c5ccc(F)cc5F)c(C)cc24)SCC(OCCN)C3)CC1. The number of carbonyl (C=O) groups excluding carboxylic acids is 1. The van der Waals surface area contributed by atoms with E-state index in [1.807, 2.05) is 17.9 Å². The molecule has 1 aromatic heterocycles. The van der Waals surface area contributed by atoms with Crippen molar-refractivity contribution in [3.63, 3.8) is 0 Å². The van der Waals surface area contributed by atoms with Crippen molar-refractivity contribution in [1.29, 1.82) is 0 Å². The van der Waals surface area contributed by atoms with Crippen molar-refractivity contribution in [1.82, 2.24) is 14.5 Å². The van der Waals surface area contributed by atoms with Crippen LogP contribution in [0.25, 0.3) is 22.0 Å². The Balaban J connectivity index is 1.69. The van der Waals surface area contributed by atoms with Crippen molar-refractivity contribution in [2.24, 2.45) is 5.73 Å². The number of piperazine rings is 1. The number of ether oxygens (including phenoxy) is 1. The Hall–Kier alpha value is -3.28. The van der Waals surface area contributed by atoms with Gasteiger partial charge in [0.1, 0.15) is 17.5 Å². The molecule has 5 rings (SSSR count). The van der Waals surface area contributed by atoms with Gasteiger partial charge in [-0.3, -0.25) is 9.36 Å². The van der Waals surface area contributed by atoms with E-state index in [1.54, 1.807) is 9.47 Å². The van der Waals surface area contributed by atoms with Crippen LogP contribution >= 0.6 is 11.8 Å². The summed E-state index contributed by atoms with van der Waals surface area (Å²) < 4.78 is 36.3. The molecule has 1 fully saturated rings. The van der Waals surface area contributed by atoms with Crippen LogP contribution in [0.3, 0.4) is 0 Å². The molecule has 1 unspecified atom stereocenters. The van der Waals surface area contributed by atoms with E-state index >= 15 is 4.39 Å². The molecule has 0 bridgehead atoms. The first-order valence-corrected chi connectivity index (χ1v) is 13.4. The zero-order valence-electron chi connectivity index (χ0n) is 21.1. The Kier molecular flexibility index (Phi) is 7.51. The van der Waals surface area contributed by atoms with Crippen LogP contribution in [-0.2, 0) is 16.1 Å². The molecule has 8 nitrogen and oxygen atoms in total. The standard InChI is InChI=1S/C27H29F2N5O3S/c1-3-22(35)32-7-9-33(10-8-32)26-20-12-16(2)23(19-5-4-17(28)13-21(19)29)25-24(20)34(27(36)31-26)14-18(15-38-25)37-11-6-30/h3-5,12-13,18H,1,6-11,14-15,30H2,2H3. The summed E-state index contributed by atoms with van der Waals surface area (Å²) in [4.78, 5) is 34.5. The summed E-state index contributed by atoms with van der Waals surface area (Å²) in [5.41, 5.74) is 7.52. The molecule has 3 heterocycles. The lowest BCUT2D eigenvalue weighted by Gasteiger charge is -2.35. The number of anilines is 1. The number of benzene rings is 2. The Morgan fingerprint density at radius 3 is 2.71 bits per heavy atom. The topological polar surface area (TPSA) is 93.7 Å². The summed E-state index contributed by atoms with van der Waals surface area (Å²) in [7, 11) is 0. The number of aromatic nitrogens is 2. The van der Waals surface area contributed by atoms with Crippen LogP contribution in [0.4, 0.5) is 14.6 Å². The summed E-state index contributed by atoms with van der Waals surface area (Å²) in [5, 5.41) is 0.763. The van der Waals surface area contributed by atoms with Crippen molar-refractivity contribution < 1.29 is 18.3 Å². The van der Waals surface area contributed by atoms with Gasteiger partial charge in [-0.1, -0.05) is 6.58 Å². The fourth-order valence-corrected chi connectivity index (χ4v) is 6.46. The molecule has 2 aliphatic rings. The third-order valence-corrected chi connectivity index (χ3v) is 8.16. The Bertz CT molecular complexity index is 1470. The minimum absolute atomic E-state index is 0.132. The molecule has 11 heteroatoms. The minimum atomic E-state index is -0.671. The summed E-state index contributed by atoms with van der Waals surface area (Å²) in [6, 6.07) is 5.45. The normalized spacial score (nSPS) is 17.5. The molecule has 2 aliphatic heterocycles. The highest BCUT2D eigenvalue weighted by Crippen LogP contribution is 2.44. The lowest BCUT2D eigenvalue weighted by Crippen LogP contribution is -2.49. The van der Waals surface area contributed by atoms with Crippen LogP contribution in [0, 0.1) is 18.6 Å². The molecule has 3 aromatic rings. The van der Waals surface area contributed by atoms with Gasteiger partial charge >= 0.3 is 5.69 Å². The maximum Gasteiger partial charge on any atom is 0.350 e. The highest BCUT2D eigenvalue weighted by Gasteiger charge is 2.29. The molecule has 1 saturated heterocycles. The highest BCUT2D eigenvalue weighted by molar-refractivity contribution is 7.99. The van der Waals surface area contributed by atoms with Gasteiger partial charge in [0.05, 0.1) is 24.8 Å². The predicted molar refractivity (Wildman–Crippen MR) is 145 cm³/mol. The van der Waals surface area contributed by atoms with Crippen LogP contribution < -0.4 is 16.3 Å². The predicted octanol–water partition coefficient (Wildman–Crippen LogP) is 2.93. The van der Waals surface area contributed by atoms with Crippen LogP contribution in [0.2, 0.25) is 0 Å². The minimum Gasteiger partial charge on any atom is -0.374 e. The molecule has 200 valence electrons. The first-order valence-electron chi connectivity index (χ1n) is 12.5. The molecule has 0 aliphatic carbocycles. The van der Waals surface area contributed by atoms with Crippen LogP contribution in [0.5, 0.6) is 0 Å². The molecule has 1 atom stereocenters. The lowest BCUT2D eigenvalue weighted by molar-refractivity contribution is -0.126. The fourth-order valence-electron chi connectivity index (χ4n) is 5.14. The quantitative estimate of drug-likeness (QED) is 0.480. The summed E-state index contributed by atoms with van der Waals surface area (Å²) in [5.74, 6) is -0.406. The number of hydrogen-bond donors (Lipinski definition) is 1. The first-order chi connectivity index (χ1) is 18.3. The number of amides is 1. The van der Waals surface area contributed by atoms with Crippen molar-refractivity contribution in [3.8, 4) is 11.1 Å². The number of rotatable bonds is 6. The molecule has 1 amide bonds. The van der Waals surface area contributed by atoms with E-state index in [1.165, 1.54) is 30.0 Å². The number of hydrogen-bond acceptors (Lipinski definition) is 7. The number of aryl methyl sites for hydroxylation is 1. The summed E-state index contributed by atoms with van der Waals surface area (Å²) >= 11 is 1.48. The molecular formula is C27H29F2N5O3S. The summed E-state index contributed by atoms with van der Waals surface area (Å²) in [6.07, 6.45) is 0.996. The number of halogens is 2. The van der Waals surface area contributed by atoms with Gasteiger partial charge < -0.3 is 20.3 Å². The van der Waals surface area contributed by atoms with Gasteiger partial charge in [-0.2, -0.15) is 4.98 Å².